The maximum Gasteiger partial charge on any atom is 0.339 e. The highest BCUT2D eigenvalue weighted by atomic mass is 32.2. The Labute approximate surface area is 105 Å². The van der Waals surface area contributed by atoms with Gasteiger partial charge in [-0.15, -0.1) is 0 Å². The topological polar surface area (TPSA) is 58.4 Å². The molecule has 1 aliphatic rings. The van der Waals surface area contributed by atoms with E-state index in [1.807, 2.05) is 11.8 Å². The van der Waals surface area contributed by atoms with Crippen molar-refractivity contribution in [1.82, 2.24) is 14.7 Å². The van der Waals surface area contributed by atoms with Crippen LogP contribution in [0.1, 0.15) is 22.5 Å². The third-order valence-electron chi connectivity index (χ3n) is 2.98. The van der Waals surface area contributed by atoms with Gasteiger partial charge in [-0.25, -0.2) is 4.79 Å². The predicted molar refractivity (Wildman–Crippen MR) is 67.4 cm³/mol. The minimum Gasteiger partial charge on any atom is -0.478 e. The van der Waals surface area contributed by atoms with E-state index >= 15 is 0 Å². The first-order chi connectivity index (χ1) is 8.18. The molecule has 0 radical (unpaired) electrons. The van der Waals surface area contributed by atoms with Gasteiger partial charge in [-0.2, -0.15) is 16.9 Å². The number of hydrogen-bond donors (Lipinski definition) is 1. The molecule has 17 heavy (non-hydrogen) atoms. The fourth-order valence-electron chi connectivity index (χ4n) is 2.00. The van der Waals surface area contributed by atoms with Crippen LogP contribution in [0.5, 0.6) is 0 Å². The van der Waals surface area contributed by atoms with Crippen LogP contribution in [0.15, 0.2) is 6.20 Å². The van der Waals surface area contributed by atoms with E-state index in [9.17, 15) is 4.79 Å². The molecule has 0 spiro atoms. The summed E-state index contributed by atoms with van der Waals surface area (Å²) in [6, 6.07) is 0. The zero-order valence-corrected chi connectivity index (χ0v) is 10.7. The Morgan fingerprint density at radius 3 is 3.12 bits per heavy atom. The van der Waals surface area contributed by atoms with Crippen molar-refractivity contribution < 1.29 is 9.90 Å². The zero-order chi connectivity index (χ0) is 12.3. The summed E-state index contributed by atoms with van der Waals surface area (Å²) in [5, 5.41) is 13.1. The summed E-state index contributed by atoms with van der Waals surface area (Å²) in [5.41, 5.74) is 1.12. The quantitative estimate of drug-likeness (QED) is 0.875. The molecular weight excluding hydrogens is 238 g/mol. The van der Waals surface area contributed by atoms with E-state index in [4.69, 9.17) is 5.11 Å². The highest BCUT2D eigenvalue weighted by Gasteiger charge is 2.18. The summed E-state index contributed by atoms with van der Waals surface area (Å²) in [4.78, 5) is 13.4. The summed E-state index contributed by atoms with van der Waals surface area (Å²) in [6.45, 7) is 2.74. The van der Waals surface area contributed by atoms with Crippen molar-refractivity contribution >= 4 is 17.7 Å². The minimum atomic E-state index is -0.891. The van der Waals surface area contributed by atoms with Crippen LogP contribution in [0.3, 0.4) is 0 Å². The van der Waals surface area contributed by atoms with Crippen LogP contribution >= 0.6 is 11.8 Å². The molecule has 0 bridgehead atoms. The fourth-order valence-corrected chi connectivity index (χ4v) is 2.92. The first-order valence-corrected chi connectivity index (χ1v) is 6.88. The molecule has 2 heterocycles. The number of carbonyl (C=O) groups is 1. The molecule has 0 aliphatic carbocycles. The van der Waals surface area contributed by atoms with E-state index < -0.39 is 5.97 Å². The van der Waals surface area contributed by atoms with E-state index in [0.29, 0.717) is 12.1 Å². The molecule has 2 rings (SSSR count). The standard InChI is InChI=1S/C11H17N3O2S/c1-13-10(9(7-12-13)11(15)16)8-14-3-2-5-17-6-4-14/h7H,2-6,8H2,1H3,(H,15,16). The lowest BCUT2D eigenvalue weighted by atomic mass is 10.2. The van der Waals surface area contributed by atoms with Gasteiger partial charge in [0, 0.05) is 25.9 Å². The Balaban J connectivity index is 2.11. The zero-order valence-electron chi connectivity index (χ0n) is 9.93. The Morgan fingerprint density at radius 2 is 2.35 bits per heavy atom. The van der Waals surface area contributed by atoms with Crippen LogP contribution in [-0.2, 0) is 13.6 Å². The molecule has 1 aromatic heterocycles. The third-order valence-corrected chi connectivity index (χ3v) is 4.03. The van der Waals surface area contributed by atoms with Crippen molar-refractivity contribution in [1.29, 1.82) is 0 Å². The van der Waals surface area contributed by atoms with E-state index in [-0.39, 0.29) is 0 Å². The summed E-state index contributed by atoms with van der Waals surface area (Å²) >= 11 is 1.97. The van der Waals surface area contributed by atoms with E-state index in [2.05, 4.69) is 10.00 Å². The Bertz CT molecular complexity index is 397. The van der Waals surface area contributed by atoms with Gasteiger partial charge in [-0.3, -0.25) is 9.58 Å². The largest absolute Gasteiger partial charge is 0.478 e. The van der Waals surface area contributed by atoms with Crippen molar-refractivity contribution in [2.24, 2.45) is 7.05 Å². The molecule has 94 valence electrons. The second-order valence-electron chi connectivity index (χ2n) is 4.18. The van der Waals surface area contributed by atoms with Gasteiger partial charge in [0.15, 0.2) is 0 Å². The van der Waals surface area contributed by atoms with Crippen molar-refractivity contribution in [2.75, 3.05) is 24.6 Å². The molecule has 1 aromatic rings. The highest BCUT2D eigenvalue weighted by Crippen LogP contribution is 2.15. The summed E-state index contributed by atoms with van der Waals surface area (Å²) in [6.07, 6.45) is 2.61. The smallest absolute Gasteiger partial charge is 0.339 e. The minimum absolute atomic E-state index is 0.324. The van der Waals surface area contributed by atoms with Gasteiger partial charge in [-0.1, -0.05) is 0 Å². The van der Waals surface area contributed by atoms with Crippen LogP contribution in [0.4, 0.5) is 0 Å². The molecule has 1 aliphatic heterocycles. The lowest BCUT2D eigenvalue weighted by Gasteiger charge is -2.19. The number of rotatable bonds is 3. The Kier molecular flexibility index (Phi) is 4.06. The SMILES string of the molecule is Cn1ncc(C(=O)O)c1CN1CCCSCC1. The van der Waals surface area contributed by atoms with Gasteiger partial charge in [0.05, 0.1) is 11.9 Å². The van der Waals surface area contributed by atoms with E-state index in [1.54, 1.807) is 11.7 Å². The van der Waals surface area contributed by atoms with Crippen molar-refractivity contribution in [3.63, 3.8) is 0 Å². The number of carboxylic acids is 1. The van der Waals surface area contributed by atoms with Gasteiger partial charge in [0.1, 0.15) is 5.56 Å². The first-order valence-electron chi connectivity index (χ1n) is 5.73. The molecule has 1 fully saturated rings. The lowest BCUT2D eigenvalue weighted by molar-refractivity contribution is 0.0694. The summed E-state index contributed by atoms with van der Waals surface area (Å²) < 4.78 is 1.67. The number of carboxylic acid groups (broad SMARTS) is 1. The van der Waals surface area contributed by atoms with Crippen LogP contribution in [-0.4, -0.2) is 50.4 Å². The van der Waals surface area contributed by atoms with E-state index in [0.717, 1.165) is 24.5 Å². The molecule has 0 amide bonds. The average Bonchev–Trinajstić information content (AvgIpc) is 2.52. The summed E-state index contributed by atoms with van der Waals surface area (Å²) in [7, 11) is 1.80. The number of thioether (sulfide) groups is 1. The summed E-state index contributed by atoms with van der Waals surface area (Å²) in [5.74, 6) is 1.44. The number of aryl methyl sites for hydroxylation is 1. The Hall–Kier alpha value is -1.01. The van der Waals surface area contributed by atoms with E-state index in [1.165, 1.54) is 18.4 Å². The molecule has 5 nitrogen and oxygen atoms in total. The fraction of sp³-hybridized carbons (Fsp3) is 0.636. The molecule has 0 aromatic carbocycles. The molecule has 6 heteroatoms. The van der Waals surface area contributed by atoms with Gasteiger partial charge < -0.3 is 5.11 Å². The van der Waals surface area contributed by atoms with Gasteiger partial charge in [-0.05, 0) is 18.7 Å². The van der Waals surface area contributed by atoms with Crippen LogP contribution < -0.4 is 0 Å². The second-order valence-corrected chi connectivity index (χ2v) is 5.40. The van der Waals surface area contributed by atoms with Crippen molar-refractivity contribution in [2.45, 2.75) is 13.0 Å². The van der Waals surface area contributed by atoms with Crippen LogP contribution in [0.25, 0.3) is 0 Å². The molecule has 0 saturated carbocycles. The average molecular weight is 255 g/mol. The second kappa shape index (κ2) is 5.55. The normalized spacial score (nSPS) is 17.9. The molecule has 0 atom stereocenters. The molecule has 1 saturated heterocycles. The number of aromatic carboxylic acids is 1. The number of hydrogen-bond acceptors (Lipinski definition) is 4. The monoisotopic (exact) mass is 255 g/mol. The maximum absolute atomic E-state index is 11.1. The molecular formula is C11H17N3O2S. The maximum atomic E-state index is 11.1. The number of nitrogens with zero attached hydrogens (tertiary/aromatic N) is 3. The van der Waals surface area contributed by atoms with Gasteiger partial charge >= 0.3 is 5.97 Å². The van der Waals surface area contributed by atoms with Gasteiger partial charge in [0.2, 0.25) is 0 Å². The third kappa shape index (κ3) is 3.01. The van der Waals surface area contributed by atoms with Gasteiger partial charge in [0.25, 0.3) is 0 Å². The van der Waals surface area contributed by atoms with Crippen LogP contribution in [0, 0.1) is 0 Å². The molecule has 0 unspecified atom stereocenters. The first kappa shape index (κ1) is 12.4. The van der Waals surface area contributed by atoms with Crippen LogP contribution in [0.2, 0.25) is 0 Å². The van der Waals surface area contributed by atoms with Crippen molar-refractivity contribution in [3.05, 3.63) is 17.5 Å². The lowest BCUT2D eigenvalue weighted by Crippen LogP contribution is -2.27. The highest BCUT2D eigenvalue weighted by molar-refractivity contribution is 7.99. The Morgan fingerprint density at radius 1 is 1.53 bits per heavy atom. The predicted octanol–water partition coefficient (Wildman–Crippen LogP) is 1.06. The van der Waals surface area contributed by atoms with Crippen molar-refractivity contribution in [3.8, 4) is 0 Å². The molecule has 1 N–H and O–H groups in total. The number of aromatic nitrogens is 2.